The third-order valence-electron chi connectivity index (χ3n) is 3.89. The van der Waals surface area contributed by atoms with Crippen molar-refractivity contribution in [1.82, 2.24) is 0 Å². The van der Waals surface area contributed by atoms with E-state index in [-0.39, 0.29) is 5.57 Å². The Morgan fingerprint density at radius 3 is 2.63 bits per heavy atom. The van der Waals surface area contributed by atoms with Gasteiger partial charge in [-0.3, -0.25) is 4.79 Å². The molecule has 4 nitrogen and oxygen atoms in total. The maximum atomic E-state index is 12.4. The molecule has 1 amide bonds. The predicted octanol–water partition coefficient (Wildman–Crippen LogP) is 6.11. The topological polar surface area (TPSA) is 66.0 Å². The molecule has 0 aliphatic rings. The van der Waals surface area contributed by atoms with E-state index in [1.165, 1.54) is 6.08 Å². The number of aryl methyl sites for hydroxylation is 1. The van der Waals surface area contributed by atoms with Crippen molar-refractivity contribution < 1.29 is 9.21 Å². The molecule has 6 heteroatoms. The lowest BCUT2D eigenvalue weighted by molar-refractivity contribution is -0.112. The molecule has 0 saturated carbocycles. The molecule has 0 aliphatic heterocycles. The highest BCUT2D eigenvalue weighted by atomic mass is 35.5. The van der Waals surface area contributed by atoms with E-state index in [4.69, 9.17) is 27.6 Å². The molecular weight excluding hydrogens is 383 g/mol. The Morgan fingerprint density at radius 2 is 1.89 bits per heavy atom. The molecule has 0 aliphatic carbocycles. The first-order valence-corrected chi connectivity index (χ1v) is 8.78. The maximum absolute atomic E-state index is 12.4. The van der Waals surface area contributed by atoms with Gasteiger partial charge in [0.2, 0.25) is 0 Å². The first-order chi connectivity index (χ1) is 13.0. The number of nitriles is 1. The molecule has 134 valence electrons. The summed E-state index contributed by atoms with van der Waals surface area (Å²) in [7, 11) is 0. The number of amides is 1. The van der Waals surface area contributed by atoms with Gasteiger partial charge in [-0.1, -0.05) is 47.5 Å². The Balaban J connectivity index is 1.86. The van der Waals surface area contributed by atoms with Crippen molar-refractivity contribution in [2.75, 3.05) is 5.32 Å². The molecule has 1 N–H and O–H groups in total. The Kier molecular flexibility index (Phi) is 5.66. The summed E-state index contributed by atoms with van der Waals surface area (Å²) in [5.74, 6) is 0.341. The van der Waals surface area contributed by atoms with Crippen LogP contribution in [0.15, 0.2) is 64.6 Å². The van der Waals surface area contributed by atoms with Crippen LogP contribution < -0.4 is 5.32 Å². The fourth-order valence-electron chi connectivity index (χ4n) is 2.46. The largest absolute Gasteiger partial charge is 0.457 e. The summed E-state index contributed by atoms with van der Waals surface area (Å²) in [5, 5.41) is 12.9. The van der Waals surface area contributed by atoms with E-state index in [2.05, 4.69) is 5.32 Å². The quantitative estimate of drug-likeness (QED) is 0.427. The number of hydrogen-bond donors (Lipinski definition) is 1. The fourth-order valence-corrected chi connectivity index (χ4v) is 2.86. The van der Waals surface area contributed by atoms with Crippen molar-refractivity contribution in [2.45, 2.75) is 6.92 Å². The van der Waals surface area contributed by atoms with Gasteiger partial charge in [0.15, 0.2) is 0 Å². The lowest BCUT2D eigenvalue weighted by atomic mass is 10.1. The van der Waals surface area contributed by atoms with Crippen LogP contribution >= 0.6 is 23.2 Å². The van der Waals surface area contributed by atoms with Crippen molar-refractivity contribution in [3.05, 3.63) is 81.5 Å². The van der Waals surface area contributed by atoms with Crippen LogP contribution in [0.4, 0.5) is 5.69 Å². The van der Waals surface area contributed by atoms with Gasteiger partial charge in [-0.15, -0.1) is 0 Å². The van der Waals surface area contributed by atoms with E-state index in [0.717, 1.165) is 5.56 Å². The van der Waals surface area contributed by atoms with E-state index in [1.54, 1.807) is 36.4 Å². The van der Waals surface area contributed by atoms with Crippen LogP contribution in [0, 0.1) is 18.3 Å². The lowest BCUT2D eigenvalue weighted by Crippen LogP contribution is -2.14. The summed E-state index contributed by atoms with van der Waals surface area (Å²) in [6.07, 6.45) is 1.38. The van der Waals surface area contributed by atoms with E-state index >= 15 is 0 Å². The Hall–Kier alpha value is -3.00. The van der Waals surface area contributed by atoms with Crippen molar-refractivity contribution in [3.63, 3.8) is 0 Å². The van der Waals surface area contributed by atoms with Crippen LogP contribution in [0.25, 0.3) is 17.4 Å². The molecule has 2 aromatic carbocycles. The van der Waals surface area contributed by atoms with Crippen LogP contribution in [0.3, 0.4) is 0 Å². The first kappa shape index (κ1) is 18.8. The highest BCUT2D eigenvalue weighted by Gasteiger charge is 2.14. The van der Waals surface area contributed by atoms with Crippen molar-refractivity contribution in [1.29, 1.82) is 5.26 Å². The average Bonchev–Trinajstić information content (AvgIpc) is 3.12. The number of anilines is 1. The fraction of sp³-hybridized carbons (Fsp3) is 0.0476. The van der Waals surface area contributed by atoms with E-state index < -0.39 is 5.91 Å². The van der Waals surface area contributed by atoms with E-state index in [0.29, 0.717) is 32.8 Å². The molecular formula is C21H14Cl2N2O2. The van der Waals surface area contributed by atoms with Crippen LogP contribution in [0.5, 0.6) is 0 Å². The second-order valence-electron chi connectivity index (χ2n) is 5.74. The summed E-state index contributed by atoms with van der Waals surface area (Å²) in [5.41, 5.74) is 2.11. The lowest BCUT2D eigenvalue weighted by Gasteiger charge is -2.06. The number of rotatable bonds is 4. The van der Waals surface area contributed by atoms with Crippen molar-refractivity contribution >= 4 is 40.9 Å². The monoisotopic (exact) mass is 396 g/mol. The number of benzene rings is 2. The summed E-state index contributed by atoms with van der Waals surface area (Å²) < 4.78 is 5.71. The zero-order chi connectivity index (χ0) is 19.4. The number of para-hydroxylation sites is 1. The second-order valence-corrected chi connectivity index (χ2v) is 6.53. The number of halogens is 2. The van der Waals surface area contributed by atoms with Gasteiger partial charge < -0.3 is 9.73 Å². The molecule has 1 aromatic heterocycles. The highest BCUT2D eigenvalue weighted by Crippen LogP contribution is 2.34. The number of nitrogens with zero attached hydrogens (tertiary/aromatic N) is 1. The standard InChI is InChI=1S/C21H14Cl2N2O2/c1-13-5-2-3-8-18(13)25-21(26)14(12-24)11-15-9-10-19(27-15)16-6-4-7-17(22)20(16)23/h2-11H,1H3,(H,25,26). The van der Waals surface area contributed by atoms with Gasteiger partial charge >= 0.3 is 0 Å². The SMILES string of the molecule is Cc1ccccc1NC(=O)C(C#N)=Cc1ccc(-c2cccc(Cl)c2Cl)o1. The summed E-state index contributed by atoms with van der Waals surface area (Å²) in [6, 6.07) is 17.8. The molecule has 0 atom stereocenters. The van der Waals surface area contributed by atoms with Gasteiger partial charge in [0.25, 0.3) is 5.91 Å². The van der Waals surface area contributed by atoms with E-state index in [1.807, 2.05) is 31.2 Å². The number of carbonyl (C=O) groups is 1. The molecule has 3 aromatic rings. The third-order valence-corrected chi connectivity index (χ3v) is 4.71. The average molecular weight is 397 g/mol. The van der Waals surface area contributed by atoms with E-state index in [9.17, 15) is 10.1 Å². The third kappa shape index (κ3) is 4.22. The van der Waals surface area contributed by atoms with Gasteiger partial charge in [0, 0.05) is 17.3 Å². The molecule has 27 heavy (non-hydrogen) atoms. The minimum absolute atomic E-state index is 0.0728. The minimum Gasteiger partial charge on any atom is -0.457 e. The summed E-state index contributed by atoms with van der Waals surface area (Å²) in [6.45, 7) is 1.87. The zero-order valence-corrected chi connectivity index (χ0v) is 15.8. The summed E-state index contributed by atoms with van der Waals surface area (Å²) >= 11 is 12.2. The highest BCUT2D eigenvalue weighted by molar-refractivity contribution is 6.43. The normalized spacial score (nSPS) is 11.1. The van der Waals surface area contributed by atoms with Crippen molar-refractivity contribution in [2.24, 2.45) is 0 Å². The summed E-state index contributed by atoms with van der Waals surface area (Å²) in [4.78, 5) is 12.4. The zero-order valence-electron chi connectivity index (χ0n) is 14.3. The van der Waals surface area contributed by atoms with Gasteiger partial charge in [-0.25, -0.2) is 0 Å². The Labute approximate surface area is 166 Å². The molecule has 0 fully saturated rings. The Bertz CT molecular complexity index is 1080. The number of carbonyl (C=O) groups excluding carboxylic acids is 1. The van der Waals surface area contributed by atoms with Gasteiger partial charge in [-0.05, 0) is 42.8 Å². The molecule has 1 heterocycles. The molecule has 0 saturated heterocycles. The number of hydrogen-bond acceptors (Lipinski definition) is 3. The maximum Gasteiger partial charge on any atom is 0.266 e. The van der Waals surface area contributed by atoms with Crippen LogP contribution in [0.1, 0.15) is 11.3 Å². The number of nitrogens with one attached hydrogen (secondary N) is 1. The van der Waals surface area contributed by atoms with Crippen LogP contribution in [-0.2, 0) is 4.79 Å². The predicted molar refractivity (Wildman–Crippen MR) is 108 cm³/mol. The Morgan fingerprint density at radius 1 is 1.11 bits per heavy atom. The van der Waals surface area contributed by atoms with Gasteiger partial charge in [0.05, 0.1) is 10.0 Å². The van der Waals surface area contributed by atoms with Crippen LogP contribution in [0.2, 0.25) is 10.0 Å². The van der Waals surface area contributed by atoms with Crippen LogP contribution in [-0.4, -0.2) is 5.91 Å². The second kappa shape index (κ2) is 8.13. The van der Waals surface area contributed by atoms with Gasteiger partial charge in [-0.2, -0.15) is 5.26 Å². The molecule has 0 spiro atoms. The minimum atomic E-state index is -0.509. The molecule has 0 radical (unpaired) electrons. The molecule has 0 bridgehead atoms. The van der Waals surface area contributed by atoms with Gasteiger partial charge in [0.1, 0.15) is 23.2 Å². The first-order valence-electron chi connectivity index (χ1n) is 8.02. The number of furan rings is 1. The molecule has 0 unspecified atom stereocenters. The van der Waals surface area contributed by atoms with Crippen molar-refractivity contribution in [3.8, 4) is 17.4 Å². The molecule has 3 rings (SSSR count). The smallest absolute Gasteiger partial charge is 0.266 e.